The van der Waals surface area contributed by atoms with Gasteiger partial charge in [-0.15, -0.1) is 0 Å². The van der Waals surface area contributed by atoms with Crippen LogP contribution in [-0.4, -0.2) is 11.8 Å². The first-order valence-electron chi connectivity index (χ1n) is 6.24. The van der Waals surface area contributed by atoms with Gasteiger partial charge in [0.1, 0.15) is 0 Å². The maximum absolute atomic E-state index is 12.5. The number of halogens is 1. The summed E-state index contributed by atoms with van der Waals surface area (Å²) in [7, 11) is 0. The maximum atomic E-state index is 12.5. The van der Waals surface area contributed by atoms with Gasteiger partial charge in [0.25, 0.3) is 0 Å². The molecular formula is C16H10ClNaO3. The van der Waals surface area contributed by atoms with Crippen molar-refractivity contribution in [2.75, 3.05) is 0 Å². The van der Waals surface area contributed by atoms with Gasteiger partial charge in [0.15, 0.2) is 5.78 Å². The van der Waals surface area contributed by atoms with E-state index in [2.05, 4.69) is 0 Å². The molecule has 0 amide bonds. The summed E-state index contributed by atoms with van der Waals surface area (Å²) in [6, 6.07) is 9.74. The van der Waals surface area contributed by atoms with E-state index in [1.165, 1.54) is 12.1 Å². The fourth-order valence-corrected chi connectivity index (χ4v) is 2.85. The molecule has 1 aliphatic carbocycles. The Morgan fingerprint density at radius 3 is 2.57 bits per heavy atom. The molecule has 0 aromatic heterocycles. The van der Waals surface area contributed by atoms with Crippen LogP contribution in [0.2, 0.25) is 5.02 Å². The minimum atomic E-state index is -1.24. The van der Waals surface area contributed by atoms with E-state index in [4.69, 9.17) is 11.6 Å². The summed E-state index contributed by atoms with van der Waals surface area (Å²) in [4.78, 5) is 23.4. The zero-order chi connectivity index (χ0) is 14.3. The van der Waals surface area contributed by atoms with Crippen molar-refractivity contribution in [3.05, 3.63) is 69.2 Å². The Balaban J connectivity index is 0.00000161. The topological polar surface area (TPSA) is 57.2 Å². The van der Waals surface area contributed by atoms with Crippen molar-refractivity contribution in [3.8, 4) is 0 Å². The van der Waals surface area contributed by atoms with Gasteiger partial charge in [-0.1, -0.05) is 35.9 Å². The van der Waals surface area contributed by atoms with Crippen LogP contribution < -0.4 is 34.7 Å². The maximum Gasteiger partial charge on any atom is 1.00 e. The number of rotatable bonds is 1. The van der Waals surface area contributed by atoms with Crippen molar-refractivity contribution in [1.82, 2.24) is 0 Å². The smallest absolute Gasteiger partial charge is 0.545 e. The number of ketones is 1. The molecule has 21 heavy (non-hydrogen) atoms. The molecule has 2 aromatic carbocycles. The van der Waals surface area contributed by atoms with Gasteiger partial charge in [-0.25, -0.2) is 0 Å². The largest absolute Gasteiger partial charge is 1.00 e. The summed E-state index contributed by atoms with van der Waals surface area (Å²) in [5, 5.41) is 11.5. The van der Waals surface area contributed by atoms with E-state index in [9.17, 15) is 14.7 Å². The summed E-state index contributed by atoms with van der Waals surface area (Å²) in [5.41, 5.74) is 2.77. The van der Waals surface area contributed by atoms with E-state index in [1.807, 2.05) is 0 Å². The first-order chi connectivity index (χ1) is 9.58. The monoisotopic (exact) mass is 308 g/mol. The molecule has 0 radical (unpaired) electrons. The fourth-order valence-electron chi connectivity index (χ4n) is 2.58. The van der Waals surface area contributed by atoms with Crippen LogP contribution >= 0.6 is 11.6 Å². The Morgan fingerprint density at radius 2 is 1.86 bits per heavy atom. The van der Waals surface area contributed by atoms with Crippen LogP contribution in [0.15, 0.2) is 36.4 Å². The molecule has 100 valence electrons. The van der Waals surface area contributed by atoms with Crippen molar-refractivity contribution >= 4 is 23.4 Å². The molecule has 3 nitrogen and oxygen atoms in total. The third-order valence-corrected chi connectivity index (χ3v) is 3.95. The van der Waals surface area contributed by atoms with Gasteiger partial charge in [0.2, 0.25) is 0 Å². The fraction of sp³-hybridized carbons (Fsp3) is 0.125. The molecule has 3 rings (SSSR count). The van der Waals surface area contributed by atoms with Gasteiger partial charge in [0, 0.05) is 16.1 Å². The number of fused-ring (bicyclic) bond motifs is 2. The molecule has 0 unspecified atom stereocenters. The van der Waals surface area contributed by atoms with Crippen molar-refractivity contribution in [1.29, 1.82) is 0 Å². The third kappa shape index (κ3) is 2.92. The van der Waals surface area contributed by atoms with Gasteiger partial charge < -0.3 is 9.90 Å². The summed E-state index contributed by atoms with van der Waals surface area (Å²) in [6.45, 7) is 0. The number of carbonyl (C=O) groups is 2. The normalized spacial score (nSPS) is 12.7. The number of aromatic carboxylic acids is 1. The molecule has 0 atom stereocenters. The molecule has 0 spiro atoms. The zero-order valence-corrected chi connectivity index (χ0v) is 14.2. The van der Waals surface area contributed by atoms with Crippen molar-refractivity contribution in [2.24, 2.45) is 0 Å². The van der Waals surface area contributed by atoms with Crippen LogP contribution in [0.1, 0.15) is 37.4 Å². The van der Waals surface area contributed by atoms with Crippen LogP contribution in [0.5, 0.6) is 0 Å². The van der Waals surface area contributed by atoms with Crippen LogP contribution in [0.25, 0.3) is 0 Å². The second kappa shape index (κ2) is 6.32. The number of hydrogen-bond acceptors (Lipinski definition) is 3. The molecule has 0 aliphatic heterocycles. The van der Waals surface area contributed by atoms with E-state index in [0.717, 1.165) is 11.1 Å². The first-order valence-corrected chi connectivity index (χ1v) is 6.62. The van der Waals surface area contributed by atoms with Gasteiger partial charge in [-0.3, -0.25) is 4.79 Å². The molecule has 0 saturated heterocycles. The number of hydrogen-bond donors (Lipinski definition) is 0. The van der Waals surface area contributed by atoms with Crippen LogP contribution in [0.3, 0.4) is 0 Å². The van der Waals surface area contributed by atoms with Crippen molar-refractivity contribution in [3.63, 3.8) is 0 Å². The van der Waals surface area contributed by atoms with Crippen LogP contribution in [0.4, 0.5) is 0 Å². The van der Waals surface area contributed by atoms with E-state index in [-0.39, 0.29) is 40.9 Å². The quantitative estimate of drug-likeness (QED) is 0.638. The van der Waals surface area contributed by atoms with Crippen molar-refractivity contribution < 1.29 is 44.3 Å². The van der Waals surface area contributed by atoms with E-state index in [1.54, 1.807) is 24.3 Å². The number of benzene rings is 2. The van der Waals surface area contributed by atoms with E-state index < -0.39 is 5.97 Å². The minimum Gasteiger partial charge on any atom is -0.545 e. The van der Waals surface area contributed by atoms with Gasteiger partial charge in [0.05, 0.1) is 5.97 Å². The van der Waals surface area contributed by atoms with Crippen LogP contribution in [-0.2, 0) is 12.8 Å². The minimum absolute atomic E-state index is 0. The average Bonchev–Trinajstić information content (AvgIpc) is 2.57. The Morgan fingerprint density at radius 1 is 1.10 bits per heavy atom. The number of carboxylic acid groups (broad SMARTS) is 1. The molecule has 2 aromatic rings. The summed E-state index contributed by atoms with van der Waals surface area (Å²) in [5.74, 6) is -1.35. The van der Waals surface area contributed by atoms with E-state index in [0.29, 0.717) is 29.0 Å². The molecule has 0 fully saturated rings. The van der Waals surface area contributed by atoms with Gasteiger partial charge in [-0.2, -0.15) is 0 Å². The Hall–Kier alpha value is -1.13. The molecule has 0 saturated carbocycles. The zero-order valence-electron chi connectivity index (χ0n) is 11.5. The van der Waals surface area contributed by atoms with Crippen LogP contribution in [0, 0.1) is 0 Å². The molecular weight excluding hydrogens is 299 g/mol. The SMILES string of the molecule is O=C([O-])c1ccc2c(c1)CCc1c(Cl)cccc1C2=O.[Na+]. The predicted octanol–water partition coefficient (Wildman–Crippen LogP) is -0.963. The summed E-state index contributed by atoms with van der Waals surface area (Å²) >= 11 is 6.15. The second-order valence-corrected chi connectivity index (χ2v) is 5.16. The number of carboxylic acids is 1. The first kappa shape index (κ1) is 16.2. The molecule has 1 aliphatic rings. The predicted molar refractivity (Wildman–Crippen MR) is 73.1 cm³/mol. The number of aryl methyl sites for hydroxylation is 1. The standard InChI is InChI=1S/C16H11ClO3.Na/c17-14-3-1-2-13-12(14)7-4-9-8-10(16(19)20)5-6-11(9)15(13)18;/h1-3,5-6,8H,4,7H2,(H,19,20);/q;+1/p-1. The Bertz CT molecular complexity index is 740. The Kier molecular flexibility index (Phi) is 4.89. The Labute approximate surface area is 149 Å². The summed E-state index contributed by atoms with van der Waals surface area (Å²) in [6.07, 6.45) is 1.20. The molecule has 5 heteroatoms. The van der Waals surface area contributed by atoms with Gasteiger partial charge >= 0.3 is 29.6 Å². The molecule has 0 bridgehead atoms. The molecule has 0 heterocycles. The molecule has 0 N–H and O–H groups in total. The third-order valence-electron chi connectivity index (χ3n) is 3.59. The van der Waals surface area contributed by atoms with Gasteiger partial charge in [-0.05, 0) is 41.7 Å². The average molecular weight is 309 g/mol. The number of carbonyl (C=O) groups excluding carboxylic acids is 2. The second-order valence-electron chi connectivity index (χ2n) is 4.75. The summed E-state index contributed by atoms with van der Waals surface area (Å²) < 4.78 is 0. The van der Waals surface area contributed by atoms with E-state index >= 15 is 0 Å². The van der Waals surface area contributed by atoms with Crippen molar-refractivity contribution in [2.45, 2.75) is 12.8 Å².